The minimum atomic E-state index is -1.08. The van der Waals surface area contributed by atoms with E-state index in [4.69, 9.17) is 11.5 Å². The first-order valence-corrected chi connectivity index (χ1v) is 5.63. The quantitative estimate of drug-likeness (QED) is 0.684. The molecule has 96 valence electrons. The minimum Gasteiger partial charge on any atom is -0.480 e. The molecule has 5 heteroatoms. The second-order valence-electron chi connectivity index (χ2n) is 4.16. The van der Waals surface area contributed by atoms with Crippen molar-refractivity contribution < 1.29 is 14.7 Å². The fraction of sp³-hybridized carbons (Fsp3) is 0.667. The number of rotatable bonds is 6. The summed E-state index contributed by atoms with van der Waals surface area (Å²) in [5.41, 5.74) is 0. The summed E-state index contributed by atoms with van der Waals surface area (Å²) in [5, 5.41) is 11.5. The van der Waals surface area contributed by atoms with Crippen LogP contribution in [0.1, 0.15) is 27.2 Å². The van der Waals surface area contributed by atoms with E-state index >= 15 is 0 Å². The van der Waals surface area contributed by atoms with E-state index in [2.05, 4.69) is 11.2 Å². The van der Waals surface area contributed by atoms with E-state index in [1.165, 1.54) is 0 Å². The highest BCUT2D eigenvalue weighted by Gasteiger charge is 2.20. The van der Waals surface area contributed by atoms with Gasteiger partial charge in [-0.1, -0.05) is 26.7 Å². The summed E-state index contributed by atoms with van der Waals surface area (Å²) in [5.74, 6) is 1.49. The van der Waals surface area contributed by atoms with Gasteiger partial charge in [0.2, 0.25) is 0 Å². The number of urea groups is 1. The van der Waals surface area contributed by atoms with Crippen molar-refractivity contribution in [2.45, 2.75) is 33.2 Å². The van der Waals surface area contributed by atoms with Crippen LogP contribution in [0.25, 0.3) is 0 Å². The third-order valence-corrected chi connectivity index (χ3v) is 2.45. The Morgan fingerprint density at radius 1 is 1.47 bits per heavy atom. The first-order chi connectivity index (χ1) is 7.92. The van der Waals surface area contributed by atoms with Crippen LogP contribution in [0.3, 0.4) is 0 Å². The molecule has 0 aliphatic rings. The van der Waals surface area contributed by atoms with Gasteiger partial charge in [-0.2, -0.15) is 0 Å². The summed E-state index contributed by atoms with van der Waals surface area (Å²) in [4.78, 5) is 23.5. The monoisotopic (exact) mass is 240 g/mol. The Bertz CT molecular complexity index is 307. The minimum absolute atomic E-state index is 0.00728. The van der Waals surface area contributed by atoms with E-state index < -0.39 is 12.0 Å². The van der Waals surface area contributed by atoms with Gasteiger partial charge in [0.15, 0.2) is 0 Å². The number of carbonyl (C=O) groups excluding carboxylic acids is 1. The Morgan fingerprint density at radius 3 is 2.41 bits per heavy atom. The second-order valence-corrected chi connectivity index (χ2v) is 4.16. The molecule has 0 saturated carbocycles. The van der Waals surface area contributed by atoms with Gasteiger partial charge in [-0.3, -0.25) is 4.79 Å². The van der Waals surface area contributed by atoms with Crippen LogP contribution in [0.2, 0.25) is 0 Å². The lowest BCUT2D eigenvalue weighted by Gasteiger charge is -2.25. The van der Waals surface area contributed by atoms with Gasteiger partial charge >= 0.3 is 12.0 Å². The fourth-order valence-electron chi connectivity index (χ4n) is 1.46. The van der Waals surface area contributed by atoms with Crippen molar-refractivity contribution in [2.24, 2.45) is 5.92 Å². The molecule has 5 nitrogen and oxygen atoms in total. The molecule has 2 N–H and O–H groups in total. The Kier molecular flexibility index (Phi) is 6.80. The number of nitrogens with zero attached hydrogens (tertiary/aromatic N) is 1. The van der Waals surface area contributed by atoms with Crippen LogP contribution in [-0.4, -0.2) is 41.1 Å². The van der Waals surface area contributed by atoms with Crippen molar-refractivity contribution in [1.29, 1.82) is 0 Å². The van der Waals surface area contributed by atoms with Crippen LogP contribution in [0, 0.1) is 18.3 Å². The topological polar surface area (TPSA) is 69.6 Å². The van der Waals surface area contributed by atoms with E-state index in [-0.39, 0.29) is 19.1 Å². The Hall–Kier alpha value is -1.70. The maximum atomic E-state index is 11.8. The molecule has 0 bridgehead atoms. The van der Waals surface area contributed by atoms with Crippen LogP contribution < -0.4 is 5.32 Å². The van der Waals surface area contributed by atoms with E-state index in [0.29, 0.717) is 5.92 Å². The van der Waals surface area contributed by atoms with Crippen LogP contribution in [0.4, 0.5) is 4.79 Å². The summed E-state index contributed by atoms with van der Waals surface area (Å²) < 4.78 is 0. The van der Waals surface area contributed by atoms with Gasteiger partial charge in [0.1, 0.15) is 6.54 Å². The molecule has 0 fully saturated rings. The number of amides is 2. The lowest BCUT2D eigenvalue weighted by molar-refractivity contribution is -0.137. The summed E-state index contributed by atoms with van der Waals surface area (Å²) in [6, 6.07) is -0.400. The highest BCUT2D eigenvalue weighted by Crippen LogP contribution is 2.06. The van der Waals surface area contributed by atoms with Crippen LogP contribution in [0.15, 0.2) is 0 Å². The standard InChI is InChI=1S/C12H20N2O3/c1-5-7-14(8-11(15)16)12(17)13-10(6-2)9(3)4/h1,9-10H,6-8H2,2-4H3,(H,13,17)(H,15,16). The molecule has 0 spiro atoms. The van der Waals surface area contributed by atoms with Gasteiger partial charge in [0, 0.05) is 6.04 Å². The number of carboxylic acids is 1. The fourth-order valence-corrected chi connectivity index (χ4v) is 1.46. The van der Waals surface area contributed by atoms with Crippen LogP contribution in [0.5, 0.6) is 0 Å². The highest BCUT2D eigenvalue weighted by molar-refractivity contribution is 5.80. The maximum absolute atomic E-state index is 11.8. The van der Waals surface area contributed by atoms with Crippen LogP contribution >= 0.6 is 0 Å². The lowest BCUT2D eigenvalue weighted by atomic mass is 10.0. The molecule has 0 saturated heterocycles. The number of terminal acetylenes is 1. The zero-order valence-corrected chi connectivity index (χ0v) is 10.6. The number of hydrogen-bond acceptors (Lipinski definition) is 2. The molecule has 0 aliphatic heterocycles. The second kappa shape index (κ2) is 7.55. The maximum Gasteiger partial charge on any atom is 0.323 e. The molecule has 1 atom stereocenters. The van der Waals surface area contributed by atoms with Gasteiger partial charge in [-0.15, -0.1) is 6.42 Å². The summed E-state index contributed by atoms with van der Waals surface area (Å²) >= 11 is 0. The number of nitrogens with one attached hydrogen (secondary N) is 1. The molecule has 1 unspecified atom stereocenters. The van der Waals surface area contributed by atoms with Crippen molar-refractivity contribution in [2.75, 3.05) is 13.1 Å². The van der Waals surface area contributed by atoms with E-state index in [0.717, 1.165) is 11.3 Å². The normalized spacial score (nSPS) is 11.7. The summed E-state index contributed by atoms with van der Waals surface area (Å²) in [6.45, 7) is 5.57. The lowest BCUT2D eigenvalue weighted by Crippen LogP contribution is -2.48. The van der Waals surface area contributed by atoms with Crippen molar-refractivity contribution in [3.8, 4) is 12.3 Å². The average Bonchev–Trinajstić information content (AvgIpc) is 2.23. The summed E-state index contributed by atoms with van der Waals surface area (Å²) in [6.07, 6.45) is 5.89. The summed E-state index contributed by atoms with van der Waals surface area (Å²) in [7, 11) is 0. The van der Waals surface area contributed by atoms with E-state index in [1.807, 2.05) is 20.8 Å². The average molecular weight is 240 g/mol. The van der Waals surface area contributed by atoms with Gasteiger partial charge in [0.05, 0.1) is 6.54 Å². The first-order valence-electron chi connectivity index (χ1n) is 5.63. The third kappa shape index (κ3) is 5.81. The van der Waals surface area contributed by atoms with Crippen molar-refractivity contribution >= 4 is 12.0 Å². The molecule has 0 aliphatic carbocycles. The number of hydrogen-bond donors (Lipinski definition) is 2. The molecule has 0 aromatic carbocycles. The Balaban J connectivity index is 4.51. The molecule has 2 amide bonds. The largest absolute Gasteiger partial charge is 0.480 e. The predicted molar refractivity (Wildman–Crippen MR) is 65.5 cm³/mol. The van der Waals surface area contributed by atoms with Gasteiger partial charge in [0.25, 0.3) is 0 Å². The predicted octanol–water partition coefficient (Wildman–Crippen LogP) is 1.15. The highest BCUT2D eigenvalue weighted by atomic mass is 16.4. The zero-order valence-electron chi connectivity index (χ0n) is 10.6. The number of carboxylic acid groups (broad SMARTS) is 1. The first kappa shape index (κ1) is 15.3. The molecular weight excluding hydrogens is 220 g/mol. The molecular formula is C12H20N2O3. The molecule has 17 heavy (non-hydrogen) atoms. The van der Waals surface area contributed by atoms with Gasteiger partial charge in [-0.25, -0.2) is 4.79 Å². The smallest absolute Gasteiger partial charge is 0.323 e. The van der Waals surface area contributed by atoms with Crippen molar-refractivity contribution in [3.05, 3.63) is 0 Å². The SMILES string of the molecule is C#CCN(CC(=O)O)C(=O)NC(CC)C(C)C. The molecule has 0 aromatic rings. The zero-order chi connectivity index (χ0) is 13.4. The van der Waals surface area contributed by atoms with Crippen molar-refractivity contribution in [3.63, 3.8) is 0 Å². The number of carbonyl (C=O) groups is 2. The van der Waals surface area contributed by atoms with Gasteiger partial charge in [-0.05, 0) is 12.3 Å². The molecule has 0 aromatic heterocycles. The van der Waals surface area contributed by atoms with Crippen LogP contribution in [-0.2, 0) is 4.79 Å². The molecule has 0 radical (unpaired) electrons. The Morgan fingerprint density at radius 2 is 2.06 bits per heavy atom. The number of aliphatic carboxylic acids is 1. The van der Waals surface area contributed by atoms with Gasteiger partial charge < -0.3 is 15.3 Å². The van der Waals surface area contributed by atoms with E-state index in [9.17, 15) is 9.59 Å². The third-order valence-electron chi connectivity index (χ3n) is 2.45. The molecule has 0 rings (SSSR count). The van der Waals surface area contributed by atoms with E-state index in [1.54, 1.807) is 0 Å². The Labute approximate surface area is 102 Å². The van der Waals surface area contributed by atoms with Crippen molar-refractivity contribution in [1.82, 2.24) is 10.2 Å². The molecule has 0 heterocycles.